The van der Waals surface area contributed by atoms with Gasteiger partial charge in [-0.2, -0.15) is 13.2 Å². The molecule has 1 aliphatic heterocycles. The third-order valence-electron chi connectivity index (χ3n) is 4.71. The van der Waals surface area contributed by atoms with Crippen LogP contribution in [-0.4, -0.2) is 22.7 Å². The van der Waals surface area contributed by atoms with Crippen LogP contribution in [0.1, 0.15) is 28.5 Å². The van der Waals surface area contributed by atoms with E-state index >= 15 is 0 Å². The van der Waals surface area contributed by atoms with Crippen LogP contribution in [0.15, 0.2) is 47.8 Å². The quantitative estimate of drug-likeness (QED) is 0.565. The lowest BCUT2D eigenvalue weighted by Crippen LogP contribution is -2.07. The lowest BCUT2D eigenvalue weighted by Gasteiger charge is -2.08. The van der Waals surface area contributed by atoms with E-state index in [9.17, 15) is 18.0 Å². The number of aromatic nitrogens is 1. The monoisotopic (exact) mass is 435 g/mol. The molecule has 0 saturated carbocycles. The van der Waals surface area contributed by atoms with Gasteiger partial charge in [0, 0.05) is 28.5 Å². The number of ether oxygens (including phenoxy) is 2. The van der Waals surface area contributed by atoms with Crippen molar-refractivity contribution in [3.8, 4) is 22.8 Å². The lowest BCUT2D eigenvalue weighted by molar-refractivity contribution is -0.138. The number of carboxylic acid groups (broad SMARTS) is 1. The maximum Gasteiger partial charge on any atom is 0.416 e. The Bertz CT molecular complexity index is 1060. The van der Waals surface area contributed by atoms with Gasteiger partial charge in [0.05, 0.1) is 24.3 Å². The van der Waals surface area contributed by atoms with Crippen LogP contribution in [0.5, 0.6) is 11.5 Å². The lowest BCUT2D eigenvalue weighted by atomic mass is 9.98. The number of carboxylic acids is 1. The third-order valence-corrected chi connectivity index (χ3v) is 5.53. The Hall–Kier alpha value is -3.07. The van der Waals surface area contributed by atoms with Crippen LogP contribution in [0.2, 0.25) is 0 Å². The number of nitrogens with zero attached hydrogens (tertiary/aromatic N) is 1. The number of alkyl halides is 3. The summed E-state index contributed by atoms with van der Waals surface area (Å²) in [5, 5.41) is 11.4. The summed E-state index contributed by atoms with van der Waals surface area (Å²) < 4.78 is 49.4. The Morgan fingerprint density at radius 3 is 2.70 bits per heavy atom. The van der Waals surface area contributed by atoms with Gasteiger partial charge in [0.25, 0.3) is 0 Å². The van der Waals surface area contributed by atoms with Crippen molar-refractivity contribution in [3.05, 3.63) is 64.0 Å². The van der Waals surface area contributed by atoms with E-state index in [1.54, 1.807) is 23.6 Å². The summed E-state index contributed by atoms with van der Waals surface area (Å²) in [5.74, 6) is 0.139. The zero-order valence-electron chi connectivity index (χ0n) is 15.5. The summed E-state index contributed by atoms with van der Waals surface area (Å²) in [6.45, 7) is 0.525. The summed E-state index contributed by atoms with van der Waals surface area (Å²) in [4.78, 5) is 15.3. The molecule has 2 heterocycles. The number of hydrogen-bond donors (Lipinski definition) is 1. The molecule has 0 bridgehead atoms. The molecular weight excluding hydrogens is 419 g/mol. The smallest absolute Gasteiger partial charge is 0.416 e. The van der Waals surface area contributed by atoms with Gasteiger partial charge in [-0.25, -0.2) is 4.98 Å². The first-order valence-electron chi connectivity index (χ1n) is 9.03. The van der Waals surface area contributed by atoms with Crippen LogP contribution in [0.4, 0.5) is 13.2 Å². The van der Waals surface area contributed by atoms with Crippen LogP contribution in [0, 0.1) is 0 Å². The SMILES string of the molecule is O=C(O)CC1COc2cc(OCc3nc(-c4ccc(C(F)(F)F)cc4)cs3)ccc21. The average Bonchev–Trinajstić information content (AvgIpc) is 3.33. The van der Waals surface area contributed by atoms with E-state index in [4.69, 9.17) is 14.6 Å². The molecule has 0 radical (unpaired) electrons. The van der Waals surface area contributed by atoms with Crippen LogP contribution in [-0.2, 0) is 17.6 Å². The average molecular weight is 435 g/mol. The number of halogens is 3. The second-order valence-corrected chi connectivity index (χ2v) is 7.74. The third kappa shape index (κ3) is 4.40. The standard InChI is InChI=1S/C21H16F3NO4S/c22-21(23,24)14-3-1-12(2-4-14)17-11-30-19(25-17)10-28-15-5-6-16-13(7-20(26)27)9-29-18(16)8-15/h1-6,8,11,13H,7,9-10H2,(H,26,27). The number of aliphatic carboxylic acids is 1. The van der Waals surface area contributed by atoms with Gasteiger partial charge in [0.1, 0.15) is 23.1 Å². The highest BCUT2D eigenvalue weighted by Gasteiger charge is 2.30. The molecule has 0 amide bonds. The summed E-state index contributed by atoms with van der Waals surface area (Å²) in [7, 11) is 0. The zero-order chi connectivity index (χ0) is 21.3. The molecule has 1 N–H and O–H groups in total. The van der Waals surface area contributed by atoms with E-state index in [1.165, 1.54) is 23.5 Å². The first-order valence-corrected chi connectivity index (χ1v) is 9.91. The second kappa shape index (κ2) is 7.98. The zero-order valence-corrected chi connectivity index (χ0v) is 16.3. The van der Waals surface area contributed by atoms with Crippen molar-refractivity contribution in [2.24, 2.45) is 0 Å². The van der Waals surface area contributed by atoms with Crippen molar-refractivity contribution in [1.82, 2.24) is 4.98 Å². The molecule has 4 rings (SSSR count). The number of rotatable bonds is 6. The van der Waals surface area contributed by atoms with Gasteiger partial charge in [-0.1, -0.05) is 18.2 Å². The fraction of sp³-hybridized carbons (Fsp3) is 0.238. The van der Waals surface area contributed by atoms with Gasteiger partial charge in [-0.15, -0.1) is 11.3 Å². The van der Waals surface area contributed by atoms with Crippen LogP contribution in [0.25, 0.3) is 11.3 Å². The molecule has 156 valence electrons. The minimum absolute atomic E-state index is 0.0129. The summed E-state index contributed by atoms with van der Waals surface area (Å²) >= 11 is 1.35. The van der Waals surface area contributed by atoms with E-state index < -0.39 is 17.7 Å². The van der Waals surface area contributed by atoms with E-state index in [-0.39, 0.29) is 18.9 Å². The molecule has 1 atom stereocenters. The van der Waals surface area contributed by atoms with Crippen molar-refractivity contribution in [1.29, 1.82) is 0 Å². The number of hydrogen-bond acceptors (Lipinski definition) is 5. The molecule has 2 aromatic carbocycles. The van der Waals surface area contributed by atoms with Crippen molar-refractivity contribution >= 4 is 17.3 Å². The highest BCUT2D eigenvalue weighted by molar-refractivity contribution is 7.09. The summed E-state index contributed by atoms with van der Waals surface area (Å²) in [5.41, 5.74) is 1.33. The maximum absolute atomic E-state index is 12.7. The highest BCUT2D eigenvalue weighted by atomic mass is 32.1. The van der Waals surface area contributed by atoms with Crippen molar-refractivity contribution < 1.29 is 32.5 Å². The predicted molar refractivity (Wildman–Crippen MR) is 104 cm³/mol. The number of thiazole rings is 1. The fourth-order valence-corrected chi connectivity index (χ4v) is 3.93. The summed E-state index contributed by atoms with van der Waals surface area (Å²) in [6, 6.07) is 10.1. The molecule has 0 saturated heterocycles. The number of fused-ring (bicyclic) bond motifs is 1. The Morgan fingerprint density at radius 1 is 1.23 bits per heavy atom. The van der Waals surface area contributed by atoms with Gasteiger partial charge in [0.15, 0.2) is 0 Å². The Kier molecular flexibility index (Phi) is 5.38. The van der Waals surface area contributed by atoms with E-state index in [0.717, 1.165) is 17.7 Å². The normalized spacial score (nSPS) is 15.5. The second-order valence-electron chi connectivity index (χ2n) is 6.80. The number of carbonyl (C=O) groups is 1. The molecule has 0 fully saturated rings. The minimum Gasteiger partial charge on any atom is -0.492 e. The highest BCUT2D eigenvalue weighted by Crippen LogP contribution is 2.38. The van der Waals surface area contributed by atoms with Crippen LogP contribution in [0.3, 0.4) is 0 Å². The minimum atomic E-state index is -4.37. The van der Waals surface area contributed by atoms with E-state index in [1.807, 2.05) is 0 Å². The van der Waals surface area contributed by atoms with Crippen molar-refractivity contribution in [2.75, 3.05) is 6.61 Å². The molecule has 5 nitrogen and oxygen atoms in total. The first kappa shape index (κ1) is 20.2. The molecule has 1 aromatic heterocycles. The van der Waals surface area contributed by atoms with Gasteiger partial charge < -0.3 is 14.6 Å². The van der Waals surface area contributed by atoms with Gasteiger partial charge in [-0.3, -0.25) is 4.79 Å². The molecule has 9 heteroatoms. The molecule has 1 aliphatic rings. The largest absolute Gasteiger partial charge is 0.492 e. The van der Waals surface area contributed by atoms with Gasteiger partial charge in [-0.05, 0) is 18.2 Å². The predicted octanol–water partition coefficient (Wildman–Crippen LogP) is 5.36. The van der Waals surface area contributed by atoms with Crippen molar-refractivity contribution in [2.45, 2.75) is 25.1 Å². The fourth-order valence-electron chi connectivity index (χ4n) is 3.21. The van der Waals surface area contributed by atoms with Crippen LogP contribution >= 0.6 is 11.3 Å². The maximum atomic E-state index is 12.7. The number of benzene rings is 2. The van der Waals surface area contributed by atoms with Gasteiger partial charge >= 0.3 is 12.1 Å². The van der Waals surface area contributed by atoms with E-state index in [2.05, 4.69) is 4.98 Å². The van der Waals surface area contributed by atoms with E-state index in [0.29, 0.717) is 34.4 Å². The Morgan fingerprint density at radius 2 is 2.00 bits per heavy atom. The molecule has 0 aliphatic carbocycles. The molecule has 0 spiro atoms. The van der Waals surface area contributed by atoms with Gasteiger partial charge in [0.2, 0.25) is 0 Å². The Balaban J connectivity index is 1.40. The molecule has 3 aromatic rings. The first-order chi connectivity index (χ1) is 14.3. The molecular formula is C21H16F3NO4S. The topological polar surface area (TPSA) is 68.7 Å². The van der Waals surface area contributed by atoms with Crippen molar-refractivity contribution in [3.63, 3.8) is 0 Å². The van der Waals surface area contributed by atoms with Crippen LogP contribution < -0.4 is 9.47 Å². The Labute approximate surface area is 173 Å². The molecule has 1 unspecified atom stereocenters. The summed E-state index contributed by atoms with van der Waals surface area (Å²) in [6.07, 6.45) is -4.36. The molecule has 30 heavy (non-hydrogen) atoms.